The van der Waals surface area contributed by atoms with Gasteiger partial charge in [-0.2, -0.15) is 0 Å². The Kier molecular flexibility index (Phi) is 2.66. The van der Waals surface area contributed by atoms with Crippen molar-refractivity contribution in [3.8, 4) is 0 Å². The number of hydrogen-bond donors (Lipinski definition) is 3. The zero-order valence-corrected chi connectivity index (χ0v) is 7.80. The lowest BCUT2D eigenvalue weighted by atomic mass is 9.90. The van der Waals surface area contributed by atoms with Gasteiger partial charge in [-0.05, 0) is 19.8 Å². The Morgan fingerprint density at radius 3 is 2.43 bits per heavy atom. The third kappa shape index (κ3) is 2.14. The number of nitrogens with zero attached hydrogens (tertiary/aromatic N) is 1. The lowest BCUT2D eigenvalue weighted by molar-refractivity contribution is -0.146. The van der Waals surface area contributed by atoms with Crippen LogP contribution in [0.25, 0.3) is 0 Å². The zero-order chi connectivity index (χ0) is 10.9. The largest absolute Gasteiger partial charge is 0.480 e. The second-order valence-corrected chi connectivity index (χ2v) is 3.80. The lowest BCUT2D eigenvalue weighted by Gasteiger charge is -2.39. The highest BCUT2D eigenvalue weighted by Gasteiger charge is 2.40. The van der Waals surface area contributed by atoms with Crippen LogP contribution in [-0.4, -0.2) is 50.5 Å². The minimum absolute atomic E-state index is 0.147. The number of rotatable bonds is 1. The van der Waals surface area contributed by atoms with Crippen LogP contribution in [0.5, 0.6) is 0 Å². The number of hydrogen-bond acceptors (Lipinski definition) is 3. The molecule has 1 aliphatic heterocycles. The monoisotopic (exact) mass is 203 g/mol. The van der Waals surface area contributed by atoms with Crippen molar-refractivity contribution >= 4 is 12.1 Å². The fraction of sp³-hybridized carbons (Fsp3) is 0.750. The summed E-state index contributed by atoms with van der Waals surface area (Å²) in [6.07, 6.45) is -0.861. The summed E-state index contributed by atoms with van der Waals surface area (Å²) in [5.74, 6) is -1.16. The van der Waals surface area contributed by atoms with E-state index in [-0.39, 0.29) is 13.0 Å². The average Bonchev–Trinajstić information content (AvgIpc) is 2.01. The molecule has 2 atom stereocenters. The number of aliphatic hydroxyl groups is 1. The van der Waals surface area contributed by atoms with Crippen molar-refractivity contribution < 1.29 is 24.9 Å². The van der Waals surface area contributed by atoms with Crippen molar-refractivity contribution in [1.29, 1.82) is 0 Å². The third-order valence-corrected chi connectivity index (χ3v) is 2.37. The van der Waals surface area contributed by atoms with Gasteiger partial charge in [0.15, 0.2) is 0 Å². The Bertz CT molecular complexity index is 262. The molecule has 0 aromatic rings. The van der Waals surface area contributed by atoms with Gasteiger partial charge in [0.2, 0.25) is 0 Å². The van der Waals surface area contributed by atoms with E-state index in [9.17, 15) is 14.7 Å². The summed E-state index contributed by atoms with van der Waals surface area (Å²) < 4.78 is 0. The molecule has 6 nitrogen and oxygen atoms in total. The van der Waals surface area contributed by atoms with E-state index in [2.05, 4.69) is 0 Å². The smallest absolute Gasteiger partial charge is 0.408 e. The van der Waals surface area contributed by atoms with Crippen molar-refractivity contribution in [2.75, 3.05) is 6.54 Å². The van der Waals surface area contributed by atoms with Crippen molar-refractivity contribution in [1.82, 2.24) is 4.90 Å². The van der Waals surface area contributed by atoms with Gasteiger partial charge in [-0.3, -0.25) is 4.90 Å². The van der Waals surface area contributed by atoms with Crippen LogP contribution in [0.15, 0.2) is 0 Å². The second-order valence-electron chi connectivity index (χ2n) is 3.80. The predicted molar refractivity (Wildman–Crippen MR) is 46.0 cm³/mol. The number of piperidine rings is 1. The van der Waals surface area contributed by atoms with Gasteiger partial charge in [-0.1, -0.05) is 0 Å². The number of carbonyl (C=O) groups is 2. The summed E-state index contributed by atoms with van der Waals surface area (Å²) in [6.45, 7) is 1.35. The molecule has 0 spiro atoms. The number of carboxylic acid groups (broad SMARTS) is 2. The standard InChI is InChI=1S/C8H13NO5/c1-8(14)3-2-5(6(10)11)9(4-8)7(12)13/h5,14H,2-4H2,1H3,(H,10,11)(H,12,13). The van der Waals surface area contributed by atoms with E-state index in [4.69, 9.17) is 10.2 Å². The molecule has 1 amide bonds. The Balaban J connectivity index is 2.81. The highest BCUT2D eigenvalue weighted by Crippen LogP contribution is 2.25. The Morgan fingerprint density at radius 2 is 2.00 bits per heavy atom. The topological polar surface area (TPSA) is 98.1 Å². The van der Waals surface area contributed by atoms with E-state index in [0.29, 0.717) is 6.42 Å². The molecule has 0 aromatic carbocycles. The molecule has 1 rings (SSSR count). The minimum Gasteiger partial charge on any atom is -0.480 e. The van der Waals surface area contributed by atoms with Gasteiger partial charge in [0.25, 0.3) is 0 Å². The van der Waals surface area contributed by atoms with Gasteiger partial charge in [-0.25, -0.2) is 9.59 Å². The molecule has 0 radical (unpaired) electrons. The van der Waals surface area contributed by atoms with E-state index >= 15 is 0 Å². The highest BCUT2D eigenvalue weighted by atomic mass is 16.4. The first kappa shape index (κ1) is 10.8. The Morgan fingerprint density at radius 1 is 1.43 bits per heavy atom. The maximum atomic E-state index is 10.7. The van der Waals surface area contributed by atoms with Crippen LogP contribution < -0.4 is 0 Å². The van der Waals surface area contributed by atoms with E-state index in [1.165, 1.54) is 6.92 Å². The quantitative estimate of drug-likeness (QED) is 0.555. The maximum absolute atomic E-state index is 10.7. The Hall–Kier alpha value is -1.30. The molecule has 1 aliphatic rings. The zero-order valence-electron chi connectivity index (χ0n) is 7.80. The van der Waals surface area contributed by atoms with Crippen molar-refractivity contribution in [2.45, 2.75) is 31.4 Å². The van der Waals surface area contributed by atoms with Crippen LogP contribution in [0.4, 0.5) is 4.79 Å². The molecule has 6 heteroatoms. The molecule has 14 heavy (non-hydrogen) atoms. The summed E-state index contributed by atoms with van der Waals surface area (Å²) in [5, 5.41) is 27.1. The molecule has 1 fully saturated rings. The number of amides is 1. The first-order valence-corrected chi connectivity index (χ1v) is 4.28. The van der Waals surface area contributed by atoms with Crippen LogP contribution in [0.1, 0.15) is 19.8 Å². The summed E-state index contributed by atoms with van der Waals surface area (Å²) in [4.78, 5) is 22.2. The molecular weight excluding hydrogens is 190 g/mol. The van der Waals surface area contributed by atoms with E-state index < -0.39 is 23.7 Å². The maximum Gasteiger partial charge on any atom is 0.408 e. The molecule has 0 aromatic heterocycles. The molecule has 1 saturated heterocycles. The van der Waals surface area contributed by atoms with Gasteiger partial charge in [0.1, 0.15) is 6.04 Å². The van der Waals surface area contributed by atoms with Crippen molar-refractivity contribution in [2.24, 2.45) is 0 Å². The van der Waals surface area contributed by atoms with Gasteiger partial charge >= 0.3 is 12.1 Å². The summed E-state index contributed by atoms with van der Waals surface area (Å²) in [6, 6.07) is -1.03. The Labute approximate surface area is 80.8 Å². The SMILES string of the molecule is CC1(O)CCC(C(=O)O)N(C(=O)O)C1. The number of aliphatic carboxylic acids is 1. The van der Waals surface area contributed by atoms with Crippen molar-refractivity contribution in [3.63, 3.8) is 0 Å². The lowest BCUT2D eigenvalue weighted by Crippen LogP contribution is -2.55. The molecule has 0 saturated carbocycles. The van der Waals surface area contributed by atoms with E-state index in [0.717, 1.165) is 4.90 Å². The van der Waals surface area contributed by atoms with Crippen molar-refractivity contribution in [3.05, 3.63) is 0 Å². The second kappa shape index (κ2) is 3.45. The molecule has 1 heterocycles. The third-order valence-electron chi connectivity index (χ3n) is 2.37. The summed E-state index contributed by atoms with van der Waals surface area (Å²) in [7, 11) is 0. The molecule has 0 bridgehead atoms. The minimum atomic E-state index is -1.31. The summed E-state index contributed by atoms with van der Waals surface area (Å²) in [5.41, 5.74) is -1.12. The first-order chi connectivity index (χ1) is 6.33. The number of carboxylic acids is 1. The predicted octanol–water partition coefficient (Wildman–Crippen LogP) is -0.0356. The van der Waals surface area contributed by atoms with Gasteiger partial charge in [0, 0.05) is 0 Å². The number of likely N-dealkylation sites (tertiary alicyclic amines) is 1. The van der Waals surface area contributed by atoms with Gasteiger partial charge < -0.3 is 15.3 Å². The highest BCUT2D eigenvalue weighted by molar-refractivity contribution is 5.79. The van der Waals surface area contributed by atoms with E-state index in [1.807, 2.05) is 0 Å². The fourth-order valence-electron chi connectivity index (χ4n) is 1.62. The molecule has 0 aliphatic carbocycles. The molecule has 3 N–H and O–H groups in total. The van der Waals surface area contributed by atoms with E-state index in [1.54, 1.807) is 0 Å². The van der Waals surface area contributed by atoms with Gasteiger partial charge in [-0.15, -0.1) is 0 Å². The van der Waals surface area contributed by atoms with Crippen LogP contribution in [0, 0.1) is 0 Å². The first-order valence-electron chi connectivity index (χ1n) is 4.28. The van der Waals surface area contributed by atoms with Crippen LogP contribution >= 0.6 is 0 Å². The molecule has 80 valence electrons. The van der Waals surface area contributed by atoms with Gasteiger partial charge in [0.05, 0.1) is 12.1 Å². The average molecular weight is 203 g/mol. The van der Waals surface area contributed by atoms with Crippen LogP contribution in [0.2, 0.25) is 0 Å². The normalized spacial score (nSPS) is 32.7. The fourth-order valence-corrected chi connectivity index (χ4v) is 1.62. The summed E-state index contributed by atoms with van der Waals surface area (Å²) >= 11 is 0. The molecule has 2 unspecified atom stereocenters. The van der Waals surface area contributed by atoms with Crippen LogP contribution in [-0.2, 0) is 4.79 Å². The molecular formula is C8H13NO5. The van der Waals surface area contributed by atoms with Crippen LogP contribution in [0.3, 0.4) is 0 Å². The number of β-amino-alcohol motifs (C(OH)–C–C–N with tert-alkyl or cyclic N) is 1.